The zero-order chi connectivity index (χ0) is 24.8. The van der Waals surface area contributed by atoms with Crippen molar-refractivity contribution in [2.75, 3.05) is 19.0 Å². The summed E-state index contributed by atoms with van der Waals surface area (Å²) in [5.41, 5.74) is 4.42. The number of hydrogen-bond acceptors (Lipinski definition) is 6. The standard InChI is InChI=1S/C26H27N5O3S/c1-4-5-14-34-21-10-6-18(7-11-21)25(32)28-26(35)27-22-16-24-23(15-17(22)2)29-31(30-24)19-8-12-20(33-3)13-9-19/h6-13,15-16H,4-5,14H2,1-3H3,(H2,27,28,32,35). The summed E-state index contributed by atoms with van der Waals surface area (Å²) in [6.45, 7) is 4.71. The number of rotatable bonds is 8. The van der Waals surface area contributed by atoms with Crippen molar-refractivity contribution >= 4 is 40.0 Å². The molecule has 1 heterocycles. The van der Waals surface area contributed by atoms with E-state index in [1.807, 2.05) is 43.3 Å². The number of thiocarbonyl (C=S) groups is 1. The molecule has 0 saturated heterocycles. The van der Waals surface area contributed by atoms with E-state index in [9.17, 15) is 4.79 Å². The Bertz CT molecular complexity index is 1330. The van der Waals surface area contributed by atoms with Gasteiger partial charge in [-0.2, -0.15) is 4.80 Å². The average molecular weight is 490 g/mol. The van der Waals surface area contributed by atoms with Crippen LogP contribution < -0.4 is 20.1 Å². The van der Waals surface area contributed by atoms with Crippen LogP contribution in [0.15, 0.2) is 60.7 Å². The number of unbranched alkanes of at least 4 members (excludes halogenated alkanes) is 1. The molecule has 1 amide bonds. The van der Waals surface area contributed by atoms with E-state index >= 15 is 0 Å². The summed E-state index contributed by atoms with van der Waals surface area (Å²) in [5, 5.41) is 15.1. The number of methoxy groups -OCH3 is 1. The van der Waals surface area contributed by atoms with Crippen molar-refractivity contribution in [2.45, 2.75) is 26.7 Å². The van der Waals surface area contributed by atoms with E-state index in [2.05, 4.69) is 27.8 Å². The van der Waals surface area contributed by atoms with E-state index in [4.69, 9.17) is 21.7 Å². The van der Waals surface area contributed by atoms with Gasteiger partial charge in [0.2, 0.25) is 0 Å². The second-order valence-electron chi connectivity index (χ2n) is 7.98. The molecule has 4 rings (SSSR count). The molecule has 3 aromatic carbocycles. The molecule has 0 saturated carbocycles. The topological polar surface area (TPSA) is 90.3 Å². The van der Waals surface area contributed by atoms with Crippen LogP contribution in [-0.4, -0.2) is 39.7 Å². The molecule has 180 valence electrons. The lowest BCUT2D eigenvalue weighted by atomic mass is 10.2. The molecule has 8 nitrogen and oxygen atoms in total. The highest BCUT2D eigenvalue weighted by Gasteiger charge is 2.12. The second kappa shape index (κ2) is 11.0. The van der Waals surface area contributed by atoms with Crippen molar-refractivity contribution in [3.8, 4) is 17.2 Å². The molecule has 0 fully saturated rings. The second-order valence-corrected chi connectivity index (χ2v) is 8.39. The highest BCUT2D eigenvalue weighted by atomic mass is 32.1. The lowest BCUT2D eigenvalue weighted by molar-refractivity contribution is 0.0977. The predicted octanol–water partition coefficient (Wildman–Crippen LogP) is 5.04. The fourth-order valence-electron chi connectivity index (χ4n) is 3.40. The van der Waals surface area contributed by atoms with Gasteiger partial charge in [-0.25, -0.2) is 0 Å². The van der Waals surface area contributed by atoms with E-state index in [0.29, 0.717) is 17.7 Å². The maximum absolute atomic E-state index is 12.6. The van der Waals surface area contributed by atoms with Crippen molar-refractivity contribution in [1.82, 2.24) is 20.3 Å². The van der Waals surface area contributed by atoms with Crippen LogP contribution in [-0.2, 0) is 0 Å². The van der Waals surface area contributed by atoms with Gasteiger partial charge < -0.3 is 14.8 Å². The first-order valence-corrected chi connectivity index (χ1v) is 11.7. The number of anilines is 1. The Morgan fingerprint density at radius 2 is 1.66 bits per heavy atom. The molecule has 0 aliphatic heterocycles. The maximum Gasteiger partial charge on any atom is 0.257 e. The Morgan fingerprint density at radius 1 is 1.00 bits per heavy atom. The number of aryl methyl sites for hydroxylation is 1. The van der Waals surface area contributed by atoms with E-state index in [-0.39, 0.29) is 11.0 Å². The van der Waals surface area contributed by atoms with E-state index in [1.54, 1.807) is 36.2 Å². The number of ether oxygens (including phenoxy) is 2. The number of amides is 1. The molecule has 1 aromatic heterocycles. The molecule has 35 heavy (non-hydrogen) atoms. The fourth-order valence-corrected chi connectivity index (χ4v) is 3.60. The summed E-state index contributed by atoms with van der Waals surface area (Å²) in [7, 11) is 1.62. The van der Waals surface area contributed by atoms with E-state index in [1.165, 1.54) is 0 Å². The third-order valence-corrected chi connectivity index (χ3v) is 5.59. The Labute approximate surface area is 209 Å². The zero-order valence-corrected chi connectivity index (χ0v) is 20.7. The summed E-state index contributed by atoms with van der Waals surface area (Å²) in [4.78, 5) is 14.2. The van der Waals surface area contributed by atoms with Gasteiger partial charge in [-0.3, -0.25) is 10.1 Å². The van der Waals surface area contributed by atoms with Gasteiger partial charge in [0, 0.05) is 11.3 Å². The lowest BCUT2D eigenvalue weighted by Gasteiger charge is -2.12. The van der Waals surface area contributed by atoms with Crippen molar-refractivity contribution in [3.63, 3.8) is 0 Å². The first-order valence-electron chi connectivity index (χ1n) is 11.3. The minimum absolute atomic E-state index is 0.197. The summed E-state index contributed by atoms with van der Waals surface area (Å²) < 4.78 is 10.8. The number of fused-ring (bicyclic) bond motifs is 1. The number of nitrogens with zero attached hydrogens (tertiary/aromatic N) is 3. The monoisotopic (exact) mass is 489 g/mol. The van der Waals surface area contributed by atoms with Crippen LogP contribution in [0.1, 0.15) is 35.7 Å². The highest BCUT2D eigenvalue weighted by molar-refractivity contribution is 7.80. The first kappa shape index (κ1) is 24.2. The molecule has 0 atom stereocenters. The van der Waals surface area contributed by atoms with Crippen LogP contribution in [0.5, 0.6) is 11.5 Å². The van der Waals surface area contributed by atoms with Crippen LogP contribution in [0.3, 0.4) is 0 Å². The Morgan fingerprint density at radius 3 is 2.31 bits per heavy atom. The van der Waals surface area contributed by atoms with Crippen LogP contribution >= 0.6 is 12.2 Å². The molecule has 0 aliphatic carbocycles. The number of aromatic nitrogens is 3. The number of benzene rings is 3. The predicted molar refractivity (Wildman–Crippen MR) is 141 cm³/mol. The SMILES string of the molecule is CCCCOc1ccc(C(=O)NC(=S)Nc2cc3nn(-c4ccc(OC)cc4)nc3cc2C)cc1. The van der Waals surface area contributed by atoms with Crippen molar-refractivity contribution < 1.29 is 14.3 Å². The van der Waals surface area contributed by atoms with Gasteiger partial charge in [0.25, 0.3) is 5.91 Å². The number of carbonyl (C=O) groups excluding carboxylic acids is 1. The Balaban J connectivity index is 1.42. The van der Waals surface area contributed by atoms with Crippen molar-refractivity contribution in [2.24, 2.45) is 0 Å². The molecule has 0 bridgehead atoms. The molecule has 0 spiro atoms. The maximum atomic E-state index is 12.6. The number of carbonyl (C=O) groups is 1. The minimum Gasteiger partial charge on any atom is -0.497 e. The van der Waals surface area contributed by atoms with Gasteiger partial charge in [-0.15, -0.1) is 10.2 Å². The Kier molecular flexibility index (Phi) is 7.57. The number of nitrogens with one attached hydrogen (secondary N) is 2. The largest absolute Gasteiger partial charge is 0.497 e. The van der Waals surface area contributed by atoms with Gasteiger partial charge >= 0.3 is 0 Å². The highest BCUT2D eigenvalue weighted by Crippen LogP contribution is 2.23. The zero-order valence-electron chi connectivity index (χ0n) is 19.9. The first-order chi connectivity index (χ1) is 17.0. The van der Waals surface area contributed by atoms with Gasteiger partial charge in [0.05, 0.1) is 19.4 Å². The Hall–Kier alpha value is -3.98. The van der Waals surface area contributed by atoms with Gasteiger partial charge in [-0.1, -0.05) is 13.3 Å². The number of hydrogen-bond donors (Lipinski definition) is 2. The molecular weight excluding hydrogens is 462 g/mol. The molecule has 0 aliphatic rings. The molecule has 0 unspecified atom stereocenters. The summed E-state index contributed by atoms with van der Waals surface area (Å²) in [6.07, 6.45) is 2.06. The van der Waals surface area contributed by atoms with Crippen LogP contribution in [0, 0.1) is 6.92 Å². The van der Waals surface area contributed by atoms with Crippen LogP contribution in [0.2, 0.25) is 0 Å². The normalized spacial score (nSPS) is 10.7. The fraction of sp³-hybridized carbons (Fsp3) is 0.231. The third kappa shape index (κ3) is 5.93. The summed E-state index contributed by atoms with van der Waals surface area (Å²) in [6, 6.07) is 18.3. The van der Waals surface area contributed by atoms with Crippen molar-refractivity contribution in [1.29, 1.82) is 0 Å². The van der Waals surface area contributed by atoms with E-state index in [0.717, 1.165) is 46.8 Å². The quantitative estimate of drug-likeness (QED) is 0.265. The van der Waals surface area contributed by atoms with Gasteiger partial charge in [0.15, 0.2) is 5.11 Å². The summed E-state index contributed by atoms with van der Waals surface area (Å²) >= 11 is 5.38. The molecule has 2 N–H and O–H groups in total. The van der Waals surface area contributed by atoms with Crippen molar-refractivity contribution in [3.05, 3.63) is 71.8 Å². The van der Waals surface area contributed by atoms with Gasteiger partial charge in [0.1, 0.15) is 22.5 Å². The minimum atomic E-state index is -0.299. The molecule has 9 heteroatoms. The van der Waals surface area contributed by atoms with E-state index < -0.39 is 0 Å². The van der Waals surface area contributed by atoms with Gasteiger partial charge in [-0.05, 0) is 91.8 Å². The smallest absolute Gasteiger partial charge is 0.257 e. The lowest BCUT2D eigenvalue weighted by Crippen LogP contribution is -2.34. The van der Waals surface area contributed by atoms with Crippen LogP contribution in [0.4, 0.5) is 5.69 Å². The third-order valence-electron chi connectivity index (χ3n) is 5.39. The molecule has 0 radical (unpaired) electrons. The van der Waals surface area contributed by atoms with Crippen LogP contribution in [0.25, 0.3) is 16.7 Å². The summed E-state index contributed by atoms with van der Waals surface area (Å²) in [5.74, 6) is 1.20. The average Bonchev–Trinajstić information content (AvgIpc) is 3.27. The molecular formula is C26H27N5O3S. The molecule has 4 aromatic rings.